The molecule has 202 valence electrons. The zero-order valence-electron chi connectivity index (χ0n) is 25.4. The van der Waals surface area contributed by atoms with Gasteiger partial charge in [-0.1, -0.05) is 107 Å². The quantitative estimate of drug-likeness (QED) is 0.359. The van der Waals surface area contributed by atoms with E-state index in [4.69, 9.17) is 0 Å². The van der Waals surface area contributed by atoms with Crippen LogP contribution in [0, 0.1) is 13.8 Å². The molecule has 0 aliphatic rings. The monoisotopic (exact) mass is 515 g/mol. The van der Waals surface area contributed by atoms with E-state index in [0.717, 1.165) is 22.3 Å². The summed E-state index contributed by atoms with van der Waals surface area (Å²) in [5.74, 6) is -0.355. The molecular formula is C32H52O3P+. The van der Waals surface area contributed by atoms with E-state index in [0.29, 0.717) is 0 Å². The highest BCUT2D eigenvalue weighted by atomic mass is 31.2. The van der Waals surface area contributed by atoms with Crippen molar-refractivity contribution < 1.29 is 14.7 Å². The molecule has 2 rings (SSSR count). The summed E-state index contributed by atoms with van der Waals surface area (Å²) in [6.45, 7) is 31.1. The van der Waals surface area contributed by atoms with Crippen LogP contribution in [0.5, 0.6) is 0 Å². The fourth-order valence-electron chi connectivity index (χ4n) is 5.78. The van der Waals surface area contributed by atoms with Gasteiger partial charge in [-0.05, 0) is 80.0 Å². The highest BCUT2D eigenvalue weighted by molar-refractivity contribution is 7.58. The number of aryl methyl sites for hydroxylation is 2. The first kappa shape index (κ1) is 31.0. The Balaban J connectivity index is 3.23. The molecule has 0 unspecified atom stereocenters. The van der Waals surface area contributed by atoms with Gasteiger partial charge < -0.3 is 0 Å². The van der Waals surface area contributed by atoms with Gasteiger partial charge in [0.2, 0.25) is 0 Å². The van der Waals surface area contributed by atoms with Crippen LogP contribution in [-0.2, 0) is 21.7 Å². The summed E-state index contributed by atoms with van der Waals surface area (Å²) in [5, 5.41) is 0. The molecule has 0 heterocycles. The Kier molecular flexibility index (Phi) is 8.44. The van der Waals surface area contributed by atoms with Gasteiger partial charge >= 0.3 is 7.94 Å². The highest BCUT2D eigenvalue weighted by Gasteiger charge is 2.43. The van der Waals surface area contributed by atoms with E-state index in [1.54, 1.807) is 0 Å². The molecule has 3 nitrogen and oxygen atoms in total. The molecule has 0 aliphatic carbocycles. The molecule has 36 heavy (non-hydrogen) atoms. The van der Waals surface area contributed by atoms with Crippen LogP contribution in [0.25, 0.3) is 0 Å². The van der Waals surface area contributed by atoms with Crippen LogP contribution in [0.15, 0.2) is 24.3 Å². The Hall–Kier alpha value is -1.25. The minimum absolute atomic E-state index is 0.0886. The first-order chi connectivity index (χ1) is 15.9. The summed E-state index contributed by atoms with van der Waals surface area (Å²) in [5.41, 5.74) is 8.96. The maximum Gasteiger partial charge on any atom is 0.404 e. The Labute approximate surface area is 222 Å². The maximum absolute atomic E-state index is 10.6. The molecule has 2 aromatic rings. The van der Waals surface area contributed by atoms with Crippen LogP contribution >= 0.6 is 7.94 Å². The second kappa shape index (κ2) is 9.81. The molecular weight excluding hydrogens is 463 g/mol. The normalized spacial score (nSPS) is 14.1. The van der Waals surface area contributed by atoms with Crippen LogP contribution in [0.1, 0.15) is 134 Å². The van der Waals surface area contributed by atoms with Crippen molar-refractivity contribution in [2.24, 2.45) is 0 Å². The smallest absolute Gasteiger partial charge is 0.193 e. The molecule has 4 heteroatoms. The van der Waals surface area contributed by atoms with Crippen molar-refractivity contribution in [3.63, 3.8) is 0 Å². The molecule has 0 saturated heterocycles. The third kappa shape index (κ3) is 6.79. The van der Waals surface area contributed by atoms with E-state index in [-0.39, 0.29) is 33.7 Å². The molecule has 0 amide bonds. The Morgan fingerprint density at radius 3 is 1.08 bits per heavy atom. The zero-order valence-corrected chi connectivity index (χ0v) is 26.3. The van der Waals surface area contributed by atoms with E-state index in [2.05, 4.69) is 121 Å². The van der Waals surface area contributed by atoms with Crippen molar-refractivity contribution in [3.8, 4) is 0 Å². The lowest BCUT2D eigenvalue weighted by molar-refractivity contribution is 0.328. The third-order valence-electron chi connectivity index (χ3n) is 7.17. The Morgan fingerprint density at radius 2 is 0.861 bits per heavy atom. The molecule has 0 spiro atoms. The number of benzene rings is 2. The van der Waals surface area contributed by atoms with Gasteiger partial charge in [0, 0.05) is 0 Å². The van der Waals surface area contributed by atoms with Gasteiger partial charge in [0.15, 0.2) is 6.16 Å². The second-order valence-electron chi connectivity index (χ2n) is 14.9. The van der Waals surface area contributed by atoms with Crippen molar-refractivity contribution in [1.82, 2.24) is 0 Å². The first-order valence-electron chi connectivity index (χ1n) is 13.2. The molecule has 3 N–H and O–H groups in total. The van der Waals surface area contributed by atoms with Crippen LogP contribution < -0.4 is 0 Å². The highest BCUT2D eigenvalue weighted by Crippen LogP contribution is 2.55. The molecule has 0 radical (unpaired) electrons. The molecule has 0 saturated carbocycles. The van der Waals surface area contributed by atoms with Crippen LogP contribution in [0.3, 0.4) is 0 Å². The Morgan fingerprint density at radius 1 is 0.556 bits per heavy atom. The molecule has 0 aliphatic heterocycles. The van der Waals surface area contributed by atoms with Gasteiger partial charge in [0.25, 0.3) is 0 Å². The molecule has 0 atom stereocenters. The Bertz CT molecular complexity index is 1010. The fraction of sp³-hybridized carbons (Fsp3) is 0.625. The van der Waals surface area contributed by atoms with E-state index < -0.39 is 7.94 Å². The van der Waals surface area contributed by atoms with E-state index in [1.807, 2.05) is 0 Å². The summed E-state index contributed by atoms with van der Waals surface area (Å²) in [6.07, 6.45) is -0.0952. The van der Waals surface area contributed by atoms with Crippen LogP contribution in [-0.4, -0.2) is 20.8 Å². The van der Waals surface area contributed by atoms with Gasteiger partial charge in [0.05, 0.1) is 5.92 Å². The first-order valence-corrected chi connectivity index (χ1v) is 15.1. The van der Waals surface area contributed by atoms with Gasteiger partial charge in [-0.15, -0.1) is 0 Å². The summed E-state index contributed by atoms with van der Waals surface area (Å²) < 4.78 is 0. The summed E-state index contributed by atoms with van der Waals surface area (Å²) in [7, 11) is -4.10. The lowest BCUT2D eigenvalue weighted by atomic mass is 9.66. The van der Waals surface area contributed by atoms with Crippen LogP contribution in [0.4, 0.5) is 0 Å². The third-order valence-corrected chi connectivity index (χ3v) is 8.02. The fourth-order valence-corrected chi connectivity index (χ4v) is 6.64. The number of hydrogen-bond acceptors (Lipinski definition) is 3. The van der Waals surface area contributed by atoms with E-state index in [1.165, 1.54) is 22.3 Å². The van der Waals surface area contributed by atoms with Crippen LogP contribution in [0.2, 0.25) is 0 Å². The van der Waals surface area contributed by atoms with Gasteiger partial charge in [-0.2, -0.15) is 14.7 Å². The van der Waals surface area contributed by atoms with Crippen molar-refractivity contribution in [1.29, 1.82) is 0 Å². The summed E-state index contributed by atoms with van der Waals surface area (Å²) in [4.78, 5) is 31.7. The predicted molar refractivity (Wildman–Crippen MR) is 157 cm³/mol. The lowest BCUT2D eigenvalue weighted by Crippen LogP contribution is -2.30. The SMILES string of the molecule is Cc1ccc(C(C)(C)C)c(C(C)(C)C)c1C(C[P+](O)(O)O)c1c(C)ccc(C(C)(C)C)c1C(C)(C)C. The standard InChI is InChI=1S/C32H52O3P/c1-20-15-17-23(29(3,4)5)27(31(9,10)11)25(20)22(19-36(33,34)35)26-21(2)16-18-24(30(6,7)8)28(26)32(12,13)14/h15-18,22,33-35H,19H2,1-14H3/q+1. The number of hydrogen-bond donors (Lipinski definition) is 3. The van der Waals surface area contributed by atoms with E-state index in [9.17, 15) is 14.7 Å². The average molecular weight is 516 g/mol. The van der Waals surface area contributed by atoms with Gasteiger partial charge in [0.1, 0.15) is 0 Å². The zero-order chi connectivity index (χ0) is 28.2. The van der Waals surface area contributed by atoms with Crippen molar-refractivity contribution >= 4 is 7.94 Å². The summed E-state index contributed by atoms with van der Waals surface area (Å²) >= 11 is 0. The van der Waals surface area contributed by atoms with Crippen molar-refractivity contribution in [3.05, 3.63) is 68.8 Å². The summed E-state index contributed by atoms with van der Waals surface area (Å²) in [6, 6.07) is 8.81. The number of rotatable bonds is 4. The second-order valence-corrected chi connectivity index (χ2v) is 16.6. The van der Waals surface area contributed by atoms with Gasteiger partial charge in [-0.3, -0.25) is 0 Å². The topological polar surface area (TPSA) is 60.7 Å². The van der Waals surface area contributed by atoms with Crippen molar-refractivity contribution in [2.45, 2.75) is 125 Å². The van der Waals surface area contributed by atoms with E-state index >= 15 is 0 Å². The van der Waals surface area contributed by atoms with Crippen molar-refractivity contribution in [2.75, 3.05) is 6.16 Å². The lowest BCUT2D eigenvalue weighted by Gasteiger charge is -2.39. The maximum atomic E-state index is 10.6. The average Bonchev–Trinajstić information content (AvgIpc) is 2.61. The molecule has 0 bridgehead atoms. The minimum atomic E-state index is -4.10. The molecule has 2 aromatic carbocycles. The van der Waals surface area contributed by atoms with Gasteiger partial charge in [-0.25, -0.2) is 0 Å². The predicted octanol–water partition coefficient (Wildman–Crippen LogP) is 8.36. The minimum Gasteiger partial charge on any atom is -0.193 e. The molecule has 0 fully saturated rings. The molecule has 0 aromatic heterocycles. The largest absolute Gasteiger partial charge is 0.404 e.